The highest BCUT2D eigenvalue weighted by Gasteiger charge is 2.26. The first kappa shape index (κ1) is 29.3. The lowest BCUT2D eigenvalue weighted by molar-refractivity contribution is 0.102. The van der Waals surface area contributed by atoms with Gasteiger partial charge in [0.15, 0.2) is 5.75 Å². The van der Waals surface area contributed by atoms with E-state index < -0.39 is 10.0 Å². The van der Waals surface area contributed by atoms with Crippen LogP contribution in [0.2, 0.25) is 0 Å². The topological polar surface area (TPSA) is 133 Å². The zero-order valence-electron chi connectivity index (χ0n) is 25.0. The number of methoxy groups -OCH3 is 1. The number of hydrogen-bond donors (Lipinski definition) is 2. The average Bonchev–Trinajstić information content (AvgIpc) is 3.49. The number of benzene rings is 2. The Morgan fingerprint density at radius 1 is 1.12 bits per heavy atom. The van der Waals surface area contributed by atoms with E-state index in [2.05, 4.69) is 29.9 Å². The molecule has 1 fully saturated rings. The second-order valence-electron chi connectivity index (χ2n) is 11.9. The van der Waals surface area contributed by atoms with E-state index in [1.165, 1.54) is 13.5 Å². The van der Waals surface area contributed by atoms with Gasteiger partial charge in [-0.15, -0.1) is 5.10 Å². The Morgan fingerprint density at radius 3 is 2.45 bits per heavy atom. The number of anilines is 2. The Kier molecular flexibility index (Phi) is 7.61. The van der Waals surface area contributed by atoms with E-state index in [0.717, 1.165) is 41.7 Å². The van der Waals surface area contributed by atoms with Crippen LogP contribution in [0.5, 0.6) is 5.75 Å². The summed E-state index contributed by atoms with van der Waals surface area (Å²) in [6.45, 7) is 7.95. The first-order chi connectivity index (χ1) is 19.7. The Bertz CT molecular complexity index is 1760. The van der Waals surface area contributed by atoms with Crippen LogP contribution in [0.4, 0.5) is 11.4 Å². The fourth-order valence-corrected chi connectivity index (χ4v) is 5.60. The maximum atomic E-state index is 13.5. The summed E-state index contributed by atoms with van der Waals surface area (Å²) in [6.07, 6.45) is 8.30. The highest BCUT2D eigenvalue weighted by molar-refractivity contribution is 7.92. The zero-order valence-corrected chi connectivity index (χ0v) is 25.8. The molecular weight excluding hydrogens is 554 g/mol. The van der Waals surface area contributed by atoms with E-state index in [1.807, 2.05) is 53.2 Å². The molecule has 1 amide bonds. The molecule has 0 aliphatic heterocycles. The Morgan fingerprint density at radius 2 is 1.83 bits per heavy atom. The second kappa shape index (κ2) is 10.9. The van der Waals surface area contributed by atoms with Crippen LogP contribution in [-0.2, 0) is 22.5 Å². The van der Waals surface area contributed by atoms with Crippen molar-refractivity contribution in [3.63, 3.8) is 0 Å². The Labute approximate surface area is 246 Å². The molecule has 222 valence electrons. The van der Waals surface area contributed by atoms with Crippen molar-refractivity contribution in [2.45, 2.75) is 58.3 Å². The van der Waals surface area contributed by atoms with Crippen LogP contribution in [0.1, 0.15) is 73.3 Å². The number of nitrogens with one attached hydrogen (secondary N) is 2. The van der Waals surface area contributed by atoms with Crippen molar-refractivity contribution in [2.75, 3.05) is 23.4 Å². The molecule has 1 aliphatic carbocycles. The van der Waals surface area contributed by atoms with Crippen molar-refractivity contribution >= 4 is 27.3 Å². The van der Waals surface area contributed by atoms with Crippen LogP contribution in [-0.4, -0.2) is 52.2 Å². The van der Waals surface area contributed by atoms with E-state index in [9.17, 15) is 13.2 Å². The van der Waals surface area contributed by atoms with Crippen molar-refractivity contribution < 1.29 is 17.9 Å². The fraction of sp³-hybridized carbons (Fsp3) is 0.400. The molecule has 2 heterocycles. The molecule has 0 radical (unpaired) electrons. The lowest BCUT2D eigenvalue weighted by Gasteiger charge is -2.24. The van der Waals surface area contributed by atoms with Crippen molar-refractivity contribution in [2.24, 2.45) is 7.05 Å². The number of aromatic nitrogens is 5. The molecule has 0 unspecified atom stereocenters. The smallest absolute Gasteiger partial charge is 0.255 e. The molecule has 0 atom stereocenters. The molecular formula is C30H37N7O4S. The summed E-state index contributed by atoms with van der Waals surface area (Å²) in [4.78, 5) is 18.2. The number of rotatable bonds is 8. The highest BCUT2D eigenvalue weighted by atomic mass is 32.2. The summed E-state index contributed by atoms with van der Waals surface area (Å²) in [5.41, 5.74) is 4.68. The van der Waals surface area contributed by atoms with Gasteiger partial charge in [0.1, 0.15) is 11.5 Å². The SMILES string of the molecule is COc1c(NC(=O)c2ccc(C)c(-n3cc(-c4cnc(C5CCC5)n4C)nn3)c2)cc(C(C)(C)C)cc1NS(C)(=O)=O. The second-order valence-corrected chi connectivity index (χ2v) is 13.7. The molecule has 2 aromatic carbocycles. The lowest BCUT2D eigenvalue weighted by atomic mass is 9.85. The number of carbonyl (C=O) groups is 1. The van der Waals surface area contributed by atoms with Gasteiger partial charge in [-0.3, -0.25) is 9.52 Å². The zero-order chi connectivity index (χ0) is 30.4. The van der Waals surface area contributed by atoms with Crippen LogP contribution < -0.4 is 14.8 Å². The summed E-state index contributed by atoms with van der Waals surface area (Å²) in [6, 6.07) is 8.85. The maximum Gasteiger partial charge on any atom is 0.255 e. The van der Waals surface area contributed by atoms with Gasteiger partial charge < -0.3 is 14.6 Å². The van der Waals surface area contributed by atoms with Gasteiger partial charge in [0.05, 0.1) is 48.5 Å². The molecule has 42 heavy (non-hydrogen) atoms. The van der Waals surface area contributed by atoms with Gasteiger partial charge in [-0.1, -0.05) is 38.5 Å². The quantitative estimate of drug-likeness (QED) is 0.289. The first-order valence-electron chi connectivity index (χ1n) is 13.8. The monoisotopic (exact) mass is 591 g/mol. The minimum absolute atomic E-state index is 0.215. The maximum absolute atomic E-state index is 13.5. The third-order valence-electron chi connectivity index (χ3n) is 7.67. The largest absolute Gasteiger partial charge is 0.492 e. The third kappa shape index (κ3) is 5.89. The van der Waals surface area contributed by atoms with Crippen LogP contribution >= 0.6 is 0 Å². The molecule has 11 nitrogen and oxygen atoms in total. The summed E-state index contributed by atoms with van der Waals surface area (Å²) in [5.74, 6) is 1.40. The molecule has 0 bridgehead atoms. The highest BCUT2D eigenvalue weighted by Crippen LogP contribution is 2.40. The van der Waals surface area contributed by atoms with E-state index in [-0.39, 0.29) is 22.8 Å². The summed E-state index contributed by atoms with van der Waals surface area (Å²) >= 11 is 0. The normalized spacial score (nSPS) is 14.0. The van der Waals surface area contributed by atoms with Gasteiger partial charge in [-0.2, -0.15) is 0 Å². The van der Waals surface area contributed by atoms with E-state index in [4.69, 9.17) is 4.74 Å². The van der Waals surface area contributed by atoms with Gasteiger partial charge in [-0.05, 0) is 60.6 Å². The molecule has 5 rings (SSSR count). The minimum atomic E-state index is -3.60. The predicted molar refractivity (Wildman–Crippen MR) is 163 cm³/mol. The minimum Gasteiger partial charge on any atom is -0.492 e. The summed E-state index contributed by atoms with van der Waals surface area (Å²) in [7, 11) is -0.162. The van der Waals surface area contributed by atoms with Gasteiger partial charge in [-0.25, -0.2) is 18.1 Å². The van der Waals surface area contributed by atoms with Gasteiger partial charge in [0.25, 0.3) is 5.91 Å². The fourth-order valence-electron chi connectivity index (χ4n) is 5.05. The molecule has 1 saturated carbocycles. The summed E-state index contributed by atoms with van der Waals surface area (Å²) < 4.78 is 36.0. The van der Waals surface area contributed by atoms with Crippen LogP contribution in [0.25, 0.3) is 17.1 Å². The van der Waals surface area contributed by atoms with Crippen molar-refractivity contribution in [3.8, 4) is 22.8 Å². The number of hydrogen-bond acceptors (Lipinski definition) is 7. The molecule has 4 aromatic rings. The van der Waals surface area contributed by atoms with Crippen molar-refractivity contribution in [3.05, 3.63) is 65.2 Å². The first-order valence-corrected chi connectivity index (χ1v) is 15.7. The van der Waals surface area contributed by atoms with E-state index in [1.54, 1.807) is 28.9 Å². The van der Waals surface area contributed by atoms with E-state index >= 15 is 0 Å². The third-order valence-corrected chi connectivity index (χ3v) is 8.26. The van der Waals surface area contributed by atoms with Crippen LogP contribution in [0.3, 0.4) is 0 Å². The van der Waals surface area contributed by atoms with E-state index in [0.29, 0.717) is 28.6 Å². The number of carbonyl (C=O) groups excluding carboxylic acids is 1. The number of aryl methyl sites for hydroxylation is 1. The number of ether oxygens (including phenoxy) is 1. The molecule has 2 aromatic heterocycles. The standard InChI is InChI=1S/C30H37N7O4S/c1-18-11-12-20(13-25(18)37-17-24(33-35-37)26-16-31-28(36(26)5)19-9-8-10-19)29(38)32-22-14-21(30(2,3)4)15-23(27(22)41-6)34-42(7,39)40/h11-17,19,34H,8-10H2,1-7H3,(H,32,38). The molecule has 0 saturated heterocycles. The Hall–Kier alpha value is -4.19. The number of nitrogens with zero attached hydrogens (tertiary/aromatic N) is 5. The average molecular weight is 592 g/mol. The molecule has 2 N–H and O–H groups in total. The lowest BCUT2D eigenvalue weighted by Crippen LogP contribution is -2.18. The molecule has 1 aliphatic rings. The number of imidazole rings is 1. The summed E-state index contributed by atoms with van der Waals surface area (Å²) in [5, 5.41) is 11.7. The number of sulfonamides is 1. The van der Waals surface area contributed by atoms with Gasteiger partial charge in [0.2, 0.25) is 10.0 Å². The van der Waals surface area contributed by atoms with Gasteiger partial charge >= 0.3 is 0 Å². The predicted octanol–water partition coefficient (Wildman–Crippen LogP) is 5.17. The van der Waals surface area contributed by atoms with Gasteiger partial charge in [0, 0.05) is 18.5 Å². The number of amides is 1. The van der Waals surface area contributed by atoms with Crippen LogP contribution in [0.15, 0.2) is 42.7 Å². The van der Waals surface area contributed by atoms with Crippen molar-refractivity contribution in [1.29, 1.82) is 0 Å². The Balaban J connectivity index is 1.46. The van der Waals surface area contributed by atoms with Crippen molar-refractivity contribution in [1.82, 2.24) is 24.5 Å². The molecule has 0 spiro atoms. The van der Waals surface area contributed by atoms with Crippen LogP contribution in [0, 0.1) is 6.92 Å². The molecule has 12 heteroatoms.